The summed E-state index contributed by atoms with van der Waals surface area (Å²) in [6, 6.07) is 11.6. The SMILES string of the molecule is O=C(NCc1ccc(N2CCCCCC2)nc1)c1ccccc1OC1CCC1. The van der Waals surface area contributed by atoms with Gasteiger partial charge in [0.2, 0.25) is 0 Å². The maximum absolute atomic E-state index is 12.7. The number of ether oxygens (including phenoxy) is 1. The fraction of sp³-hybridized carbons (Fsp3) is 0.478. The molecule has 0 atom stereocenters. The summed E-state index contributed by atoms with van der Waals surface area (Å²) in [6.45, 7) is 2.63. The highest BCUT2D eigenvalue weighted by Crippen LogP contribution is 2.27. The maximum Gasteiger partial charge on any atom is 0.255 e. The highest BCUT2D eigenvalue weighted by atomic mass is 16.5. The molecule has 1 aliphatic carbocycles. The number of anilines is 1. The maximum atomic E-state index is 12.7. The van der Waals surface area contributed by atoms with Crippen LogP contribution in [0.15, 0.2) is 42.6 Å². The first kappa shape index (κ1) is 18.8. The third-order valence-corrected chi connectivity index (χ3v) is 5.67. The van der Waals surface area contributed by atoms with Crippen molar-refractivity contribution in [1.29, 1.82) is 0 Å². The van der Waals surface area contributed by atoms with Crippen LogP contribution in [-0.4, -0.2) is 30.1 Å². The van der Waals surface area contributed by atoms with Gasteiger partial charge in [0.05, 0.1) is 11.7 Å². The number of carbonyl (C=O) groups excluding carboxylic acids is 1. The number of pyridine rings is 1. The molecule has 1 saturated carbocycles. The Morgan fingerprint density at radius 1 is 1.04 bits per heavy atom. The van der Waals surface area contributed by atoms with E-state index < -0.39 is 0 Å². The van der Waals surface area contributed by atoms with Gasteiger partial charge in [-0.05, 0) is 55.9 Å². The standard InChI is InChI=1S/C23H29N3O2/c27-23(20-10-3-4-11-21(20)28-19-8-7-9-19)25-17-18-12-13-22(24-16-18)26-14-5-1-2-6-15-26/h3-4,10-13,16,19H,1-2,5-9,14-15,17H2,(H,25,27). The second kappa shape index (κ2) is 9.09. The number of aromatic nitrogens is 1. The van der Waals surface area contributed by atoms with Crippen LogP contribution in [0, 0.1) is 0 Å². The van der Waals surface area contributed by atoms with Crippen LogP contribution >= 0.6 is 0 Å². The second-order valence-electron chi connectivity index (χ2n) is 7.78. The van der Waals surface area contributed by atoms with Gasteiger partial charge in [0.25, 0.3) is 5.91 Å². The van der Waals surface area contributed by atoms with Crippen molar-refractivity contribution in [2.75, 3.05) is 18.0 Å². The lowest BCUT2D eigenvalue weighted by Crippen LogP contribution is -2.28. The Balaban J connectivity index is 1.34. The van der Waals surface area contributed by atoms with E-state index >= 15 is 0 Å². The third-order valence-electron chi connectivity index (χ3n) is 5.67. The molecule has 0 bridgehead atoms. The Morgan fingerprint density at radius 2 is 1.82 bits per heavy atom. The van der Waals surface area contributed by atoms with Crippen molar-refractivity contribution in [3.63, 3.8) is 0 Å². The van der Waals surface area contributed by atoms with Crippen LogP contribution in [0.2, 0.25) is 0 Å². The average Bonchev–Trinajstić information content (AvgIpc) is 2.99. The molecule has 1 aromatic carbocycles. The summed E-state index contributed by atoms with van der Waals surface area (Å²) in [5, 5.41) is 3.00. The zero-order chi connectivity index (χ0) is 19.2. The lowest BCUT2D eigenvalue weighted by Gasteiger charge is -2.27. The Morgan fingerprint density at radius 3 is 2.50 bits per heavy atom. The Labute approximate surface area is 167 Å². The van der Waals surface area contributed by atoms with Gasteiger partial charge in [0.1, 0.15) is 11.6 Å². The van der Waals surface area contributed by atoms with Crippen LogP contribution in [-0.2, 0) is 6.54 Å². The number of hydrogen-bond donors (Lipinski definition) is 1. The highest BCUT2D eigenvalue weighted by molar-refractivity contribution is 5.96. The van der Waals surface area contributed by atoms with E-state index in [2.05, 4.69) is 27.3 Å². The predicted octanol–water partition coefficient (Wildman–Crippen LogP) is 4.32. The second-order valence-corrected chi connectivity index (χ2v) is 7.78. The lowest BCUT2D eigenvalue weighted by molar-refractivity contribution is 0.0925. The van der Waals surface area contributed by atoms with E-state index in [-0.39, 0.29) is 12.0 Å². The van der Waals surface area contributed by atoms with Crippen molar-refractivity contribution in [2.24, 2.45) is 0 Å². The van der Waals surface area contributed by atoms with Gasteiger partial charge in [-0.1, -0.05) is 31.0 Å². The monoisotopic (exact) mass is 379 g/mol. The summed E-state index contributed by atoms with van der Waals surface area (Å²) < 4.78 is 5.97. The van der Waals surface area contributed by atoms with Crippen LogP contribution in [0.1, 0.15) is 60.9 Å². The van der Waals surface area contributed by atoms with Crippen LogP contribution < -0.4 is 15.0 Å². The van der Waals surface area contributed by atoms with Crippen molar-refractivity contribution in [3.05, 3.63) is 53.7 Å². The number of nitrogens with one attached hydrogen (secondary N) is 1. The van der Waals surface area contributed by atoms with Crippen molar-refractivity contribution in [1.82, 2.24) is 10.3 Å². The van der Waals surface area contributed by atoms with E-state index in [4.69, 9.17) is 4.74 Å². The first-order chi connectivity index (χ1) is 13.8. The zero-order valence-electron chi connectivity index (χ0n) is 16.4. The molecule has 1 N–H and O–H groups in total. The molecule has 4 rings (SSSR count). The molecule has 0 spiro atoms. The molecular formula is C23H29N3O2. The van der Waals surface area contributed by atoms with Gasteiger partial charge in [-0.25, -0.2) is 4.98 Å². The molecule has 1 amide bonds. The van der Waals surface area contributed by atoms with Gasteiger partial charge in [-0.15, -0.1) is 0 Å². The number of nitrogens with zero attached hydrogens (tertiary/aromatic N) is 2. The van der Waals surface area contributed by atoms with Crippen molar-refractivity contribution in [2.45, 2.75) is 57.6 Å². The molecule has 0 unspecified atom stereocenters. The molecule has 2 aromatic rings. The van der Waals surface area contributed by atoms with Gasteiger partial charge >= 0.3 is 0 Å². The quantitative estimate of drug-likeness (QED) is 0.812. The number of amides is 1. The van der Waals surface area contributed by atoms with E-state index in [0.29, 0.717) is 17.9 Å². The molecule has 2 fully saturated rings. The van der Waals surface area contributed by atoms with Crippen molar-refractivity contribution < 1.29 is 9.53 Å². The first-order valence-corrected chi connectivity index (χ1v) is 10.5. The van der Waals surface area contributed by atoms with E-state index in [9.17, 15) is 4.79 Å². The van der Waals surface area contributed by atoms with Gasteiger partial charge in [0, 0.05) is 25.8 Å². The molecule has 148 valence electrons. The zero-order valence-corrected chi connectivity index (χ0v) is 16.4. The van der Waals surface area contributed by atoms with Gasteiger partial charge in [-0.2, -0.15) is 0 Å². The Kier molecular flexibility index (Phi) is 6.10. The summed E-state index contributed by atoms with van der Waals surface area (Å²) in [4.78, 5) is 19.6. The fourth-order valence-electron chi connectivity index (χ4n) is 3.71. The molecule has 1 aromatic heterocycles. The number of rotatable bonds is 6. The lowest BCUT2D eigenvalue weighted by atomic mass is 9.96. The summed E-state index contributed by atoms with van der Waals surface area (Å²) >= 11 is 0. The predicted molar refractivity (Wildman–Crippen MR) is 111 cm³/mol. The number of carbonyl (C=O) groups is 1. The van der Waals surface area contributed by atoms with Crippen molar-refractivity contribution >= 4 is 11.7 Å². The molecule has 1 aliphatic heterocycles. The topological polar surface area (TPSA) is 54.5 Å². The normalized spacial score (nSPS) is 17.5. The largest absolute Gasteiger partial charge is 0.490 e. The van der Waals surface area contributed by atoms with Gasteiger partial charge in [-0.3, -0.25) is 4.79 Å². The summed E-state index contributed by atoms with van der Waals surface area (Å²) in [6.07, 6.45) is 10.6. The Hall–Kier alpha value is -2.56. The van der Waals surface area contributed by atoms with Crippen LogP contribution in [0.3, 0.4) is 0 Å². The Bertz CT molecular complexity index is 779. The fourth-order valence-corrected chi connectivity index (χ4v) is 3.71. The van der Waals surface area contributed by atoms with Crippen molar-refractivity contribution in [3.8, 4) is 5.75 Å². The van der Waals surface area contributed by atoms with Crippen LogP contribution in [0.4, 0.5) is 5.82 Å². The van der Waals surface area contributed by atoms with E-state index in [1.54, 1.807) is 0 Å². The molecule has 2 heterocycles. The first-order valence-electron chi connectivity index (χ1n) is 10.5. The minimum Gasteiger partial charge on any atom is -0.490 e. The molecule has 2 aliphatic rings. The third kappa shape index (κ3) is 4.64. The smallest absolute Gasteiger partial charge is 0.255 e. The summed E-state index contributed by atoms with van der Waals surface area (Å²) in [7, 11) is 0. The minimum atomic E-state index is -0.105. The van der Waals surface area contributed by atoms with E-state index in [1.807, 2.05) is 30.5 Å². The number of para-hydroxylation sites is 1. The van der Waals surface area contributed by atoms with Gasteiger partial charge < -0.3 is 15.0 Å². The molecule has 0 radical (unpaired) electrons. The number of benzene rings is 1. The van der Waals surface area contributed by atoms with Gasteiger partial charge in [0.15, 0.2) is 0 Å². The average molecular weight is 380 g/mol. The molecule has 1 saturated heterocycles. The number of hydrogen-bond acceptors (Lipinski definition) is 4. The molecular weight excluding hydrogens is 350 g/mol. The van der Waals surface area contributed by atoms with E-state index in [1.165, 1.54) is 32.1 Å². The van der Waals surface area contributed by atoms with Crippen LogP contribution in [0.5, 0.6) is 5.75 Å². The molecule has 5 heteroatoms. The highest BCUT2D eigenvalue weighted by Gasteiger charge is 2.21. The summed E-state index contributed by atoms with van der Waals surface area (Å²) in [5.74, 6) is 1.61. The van der Waals surface area contributed by atoms with Crippen LogP contribution in [0.25, 0.3) is 0 Å². The minimum absolute atomic E-state index is 0.105. The van der Waals surface area contributed by atoms with E-state index in [0.717, 1.165) is 37.3 Å². The molecule has 28 heavy (non-hydrogen) atoms. The summed E-state index contributed by atoms with van der Waals surface area (Å²) in [5.41, 5.74) is 1.60. The molecule has 5 nitrogen and oxygen atoms in total.